The average Bonchev–Trinajstić information content (AvgIpc) is 3.17. The molecule has 1 saturated carbocycles. The van der Waals surface area contributed by atoms with E-state index in [1.807, 2.05) is 18.2 Å². The van der Waals surface area contributed by atoms with Crippen molar-refractivity contribution in [2.75, 3.05) is 23.1 Å². The third-order valence-electron chi connectivity index (χ3n) is 8.39. The lowest BCUT2D eigenvalue weighted by Gasteiger charge is -2.38. The Labute approximate surface area is 227 Å². The SMILES string of the molecule is O=C1Cc2c(NC3CCCN(Cc4ccccc4)C3)cc(NS(=O)(=O)c3ccc(F)cc3F)cc2C12CCC2. The van der Waals surface area contributed by atoms with E-state index in [4.69, 9.17) is 0 Å². The maximum atomic E-state index is 14.4. The summed E-state index contributed by atoms with van der Waals surface area (Å²) in [6.07, 6.45) is 4.73. The van der Waals surface area contributed by atoms with Crippen LogP contribution in [0.4, 0.5) is 20.2 Å². The van der Waals surface area contributed by atoms with Crippen LogP contribution in [0.1, 0.15) is 48.8 Å². The first-order valence-electron chi connectivity index (χ1n) is 13.4. The fourth-order valence-electron chi connectivity index (χ4n) is 6.32. The van der Waals surface area contributed by atoms with Crippen LogP contribution in [0.25, 0.3) is 0 Å². The number of Topliss-reactive ketones (excluding diaryl/α,β-unsaturated/α-hetero) is 1. The lowest BCUT2D eigenvalue weighted by atomic mass is 9.64. The Hall–Kier alpha value is -3.30. The molecule has 3 aliphatic rings. The number of rotatable bonds is 7. The second-order valence-corrected chi connectivity index (χ2v) is 12.6. The first kappa shape index (κ1) is 26.0. The number of nitrogens with zero attached hydrogens (tertiary/aromatic N) is 1. The first-order chi connectivity index (χ1) is 18.7. The number of ketones is 1. The van der Waals surface area contributed by atoms with Crippen LogP contribution in [0.2, 0.25) is 0 Å². The van der Waals surface area contributed by atoms with Crippen molar-refractivity contribution in [3.63, 3.8) is 0 Å². The highest BCUT2D eigenvalue weighted by Crippen LogP contribution is 2.53. The summed E-state index contributed by atoms with van der Waals surface area (Å²) in [6, 6.07) is 16.3. The number of fused-ring (bicyclic) bond motifs is 2. The van der Waals surface area contributed by atoms with E-state index in [2.05, 4.69) is 27.1 Å². The molecule has 1 spiro atoms. The van der Waals surface area contributed by atoms with Gasteiger partial charge in [-0.1, -0.05) is 36.8 Å². The molecule has 2 N–H and O–H groups in total. The van der Waals surface area contributed by atoms with Gasteiger partial charge < -0.3 is 5.32 Å². The first-order valence-corrected chi connectivity index (χ1v) is 14.9. The third kappa shape index (κ3) is 4.94. The summed E-state index contributed by atoms with van der Waals surface area (Å²) in [6.45, 7) is 2.66. The van der Waals surface area contributed by atoms with E-state index < -0.39 is 32.0 Å². The quantitative estimate of drug-likeness (QED) is 0.412. The number of nitrogens with one attached hydrogen (secondary N) is 2. The predicted octanol–water partition coefficient (Wildman–Crippen LogP) is 5.39. The summed E-state index contributed by atoms with van der Waals surface area (Å²) >= 11 is 0. The number of hydrogen-bond acceptors (Lipinski definition) is 5. The summed E-state index contributed by atoms with van der Waals surface area (Å²) in [4.78, 5) is 14.9. The number of halogens is 2. The summed E-state index contributed by atoms with van der Waals surface area (Å²) < 4.78 is 56.5. The van der Waals surface area contributed by atoms with Crippen LogP contribution in [0, 0.1) is 11.6 Å². The molecule has 2 fully saturated rings. The molecule has 0 amide bonds. The number of carbonyl (C=O) groups excluding carboxylic acids is 1. The molecular weight excluding hydrogens is 520 g/mol. The van der Waals surface area contributed by atoms with Crippen LogP contribution in [-0.2, 0) is 33.2 Å². The van der Waals surface area contributed by atoms with E-state index in [9.17, 15) is 22.0 Å². The Kier molecular flexibility index (Phi) is 6.67. The normalized spacial score (nSPS) is 20.5. The van der Waals surface area contributed by atoms with Crippen molar-refractivity contribution >= 4 is 27.2 Å². The van der Waals surface area contributed by atoms with Crippen molar-refractivity contribution < 1.29 is 22.0 Å². The van der Waals surface area contributed by atoms with Gasteiger partial charge in [-0.15, -0.1) is 0 Å². The highest BCUT2D eigenvalue weighted by Gasteiger charge is 2.51. The van der Waals surface area contributed by atoms with Crippen molar-refractivity contribution in [3.05, 3.63) is 89.0 Å². The summed E-state index contributed by atoms with van der Waals surface area (Å²) in [5, 5.41) is 3.64. The van der Waals surface area contributed by atoms with Gasteiger partial charge in [-0.25, -0.2) is 17.2 Å². The number of hydrogen-bond donors (Lipinski definition) is 2. The smallest absolute Gasteiger partial charge is 0.264 e. The van der Waals surface area contributed by atoms with Gasteiger partial charge in [0, 0.05) is 37.3 Å². The van der Waals surface area contributed by atoms with E-state index in [0.29, 0.717) is 12.5 Å². The summed E-state index contributed by atoms with van der Waals surface area (Å²) in [7, 11) is -4.32. The van der Waals surface area contributed by atoms with E-state index in [0.717, 1.165) is 80.7 Å². The molecule has 0 bridgehead atoms. The van der Waals surface area contributed by atoms with Crippen molar-refractivity contribution in [3.8, 4) is 0 Å². The number of piperidine rings is 1. The largest absolute Gasteiger partial charge is 0.381 e. The topological polar surface area (TPSA) is 78.5 Å². The van der Waals surface area contributed by atoms with Gasteiger partial charge in [-0.05, 0) is 73.2 Å². The zero-order valence-corrected chi connectivity index (χ0v) is 22.4. The van der Waals surface area contributed by atoms with E-state index in [1.54, 1.807) is 12.1 Å². The minimum atomic E-state index is -4.32. The molecule has 1 aliphatic heterocycles. The van der Waals surface area contributed by atoms with Gasteiger partial charge in [0.15, 0.2) is 0 Å². The van der Waals surface area contributed by atoms with Crippen LogP contribution in [0.3, 0.4) is 0 Å². The van der Waals surface area contributed by atoms with Crippen LogP contribution in [0.5, 0.6) is 0 Å². The van der Waals surface area contributed by atoms with Gasteiger partial charge in [-0.3, -0.25) is 14.4 Å². The van der Waals surface area contributed by atoms with Gasteiger partial charge in [0.25, 0.3) is 10.0 Å². The maximum absolute atomic E-state index is 14.4. The zero-order chi connectivity index (χ0) is 27.2. The maximum Gasteiger partial charge on any atom is 0.264 e. The number of sulfonamides is 1. The fourth-order valence-corrected chi connectivity index (χ4v) is 7.42. The second-order valence-electron chi connectivity index (χ2n) is 11.0. The van der Waals surface area contributed by atoms with Crippen LogP contribution >= 0.6 is 0 Å². The van der Waals surface area contributed by atoms with Crippen molar-refractivity contribution in [1.29, 1.82) is 0 Å². The van der Waals surface area contributed by atoms with E-state index >= 15 is 0 Å². The molecule has 39 heavy (non-hydrogen) atoms. The molecule has 6 nitrogen and oxygen atoms in total. The average molecular weight is 552 g/mol. The third-order valence-corrected chi connectivity index (χ3v) is 9.81. The van der Waals surface area contributed by atoms with E-state index in [1.165, 1.54) is 5.56 Å². The minimum absolute atomic E-state index is 0.126. The molecule has 2 aliphatic carbocycles. The number of carbonyl (C=O) groups is 1. The molecular formula is C30H31F2N3O3S. The summed E-state index contributed by atoms with van der Waals surface area (Å²) in [5.41, 5.74) is 3.47. The van der Waals surface area contributed by atoms with Gasteiger partial charge in [0.05, 0.1) is 11.1 Å². The highest BCUT2D eigenvalue weighted by molar-refractivity contribution is 7.92. The lowest BCUT2D eigenvalue weighted by molar-refractivity contribution is -0.125. The van der Waals surface area contributed by atoms with Crippen LogP contribution < -0.4 is 10.0 Å². The molecule has 9 heteroatoms. The molecule has 0 aromatic heterocycles. The lowest BCUT2D eigenvalue weighted by Crippen LogP contribution is -2.41. The number of anilines is 2. The standard InChI is InChI=1S/C30H31F2N3O3S/c31-21-9-10-28(26(32)14-21)39(37,38)34-23-15-25-24(17-29(36)30(25)11-5-12-30)27(16-23)33-22-8-4-13-35(19-22)18-20-6-2-1-3-7-20/h1-3,6-7,9-10,14-16,22,33-34H,4-5,8,11-13,17-19H2. The molecule has 1 atom stereocenters. The monoisotopic (exact) mass is 551 g/mol. The molecule has 3 aromatic rings. The van der Waals surface area contributed by atoms with Crippen LogP contribution in [-0.4, -0.2) is 38.2 Å². The van der Waals surface area contributed by atoms with Gasteiger partial charge in [0.2, 0.25) is 0 Å². The predicted molar refractivity (Wildman–Crippen MR) is 146 cm³/mol. The Morgan fingerprint density at radius 2 is 1.79 bits per heavy atom. The van der Waals surface area contributed by atoms with Crippen LogP contribution in [0.15, 0.2) is 65.6 Å². The minimum Gasteiger partial charge on any atom is -0.381 e. The molecule has 6 rings (SSSR count). The van der Waals surface area contributed by atoms with Gasteiger partial charge in [0.1, 0.15) is 22.3 Å². The summed E-state index contributed by atoms with van der Waals surface area (Å²) in [5.74, 6) is -1.84. The molecule has 1 heterocycles. The Morgan fingerprint density at radius 1 is 1.00 bits per heavy atom. The number of likely N-dealkylation sites (tertiary alicyclic amines) is 1. The molecule has 3 aromatic carbocycles. The van der Waals surface area contributed by atoms with Crippen molar-refractivity contribution in [2.45, 2.75) is 61.4 Å². The van der Waals surface area contributed by atoms with Gasteiger partial charge in [-0.2, -0.15) is 0 Å². The fraction of sp³-hybridized carbons (Fsp3) is 0.367. The second kappa shape index (κ2) is 10.0. The Balaban J connectivity index is 1.30. The molecule has 0 radical (unpaired) electrons. The Morgan fingerprint density at radius 3 is 2.51 bits per heavy atom. The van der Waals surface area contributed by atoms with Crippen molar-refractivity contribution in [1.82, 2.24) is 4.90 Å². The van der Waals surface area contributed by atoms with Crippen molar-refractivity contribution in [2.24, 2.45) is 0 Å². The molecule has 1 saturated heterocycles. The zero-order valence-electron chi connectivity index (χ0n) is 21.6. The van der Waals surface area contributed by atoms with E-state index in [-0.39, 0.29) is 17.5 Å². The highest BCUT2D eigenvalue weighted by atomic mass is 32.2. The molecule has 204 valence electrons. The molecule has 1 unspecified atom stereocenters. The Bertz CT molecular complexity index is 1520. The van der Waals surface area contributed by atoms with Gasteiger partial charge >= 0.3 is 0 Å². The number of benzene rings is 3.